The fourth-order valence-electron chi connectivity index (χ4n) is 1.55. The molecule has 0 saturated carbocycles. The van der Waals surface area contributed by atoms with Crippen LogP contribution in [0.5, 0.6) is 0 Å². The zero-order valence-corrected chi connectivity index (χ0v) is 9.27. The summed E-state index contributed by atoms with van der Waals surface area (Å²) in [6.07, 6.45) is 3.20. The third kappa shape index (κ3) is 2.22. The predicted octanol–water partition coefficient (Wildman–Crippen LogP) is 2.96. The van der Waals surface area contributed by atoms with Gasteiger partial charge in [0.2, 0.25) is 0 Å². The van der Waals surface area contributed by atoms with Crippen LogP contribution in [0.4, 0.5) is 4.39 Å². The number of hydrogen-bond acceptors (Lipinski definition) is 1. The van der Waals surface area contributed by atoms with E-state index in [1.807, 2.05) is 0 Å². The largest absolute Gasteiger partial charge is 0.313 e. The van der Waals surface area contributed by atoms with Crippen LogP contribution in [0.2, 0.25) is 0 Å². The van der Waals surface area contributed by atoms with Crippen LogP contribution in [0.1, 0.15) is 12.0 Å². The van der Waals surface area contributed by atoms with Crippen molar-refractivity contribution in [3.8, 4) is 0 Å². The van der Waals surface area contributed by atoms with Crippen molar-refractivity contribution in [2.24, 2.45) is 0 Å². The maximum Gasteiger partial charge on any atom is 0.124 e. The van der Waals surface area contributed by atoms with E-state index in [2.05, 4.69) is 27.3 Å². The van der Waals surface area contributed by atoms with Gasteiger partial charge in [0.1, 0.15) is 5.82 Å². The van der Waals surface area contributed by atoms with Crippen LogP contribution in [0.3, 0.4) is 0 Å². The van der Waals surface area contributed by atoms with Crippen molar-refractivity contribution in [3.63, 3.8) is 0 Å². The molecule has 1 nitrogen and oxygen atoms in total. The molecule has 1 N–H and O–H groups in total. The summed E-state index contributed by atoms with van der Waals surface area (Å²) in [5, 5.41) is 3.27. The molecular weight excluding hydrogens is 245 g/mol. The number of nitrogens with one attached hydrogen (secondary N) is 1. The molecule has 0 aliphatic carbocycles. The minimum absolute atomic E-state index is 0.205. The lowest BCUT2D eigenvalue weighted by molar-refractivity contribution is 0.627. The predicted molar refractivity (Wildman–Crippen MR) is 59.6 cm³/mol. The lowest BCUT2D eigenvalue weighted by Gasteiger charge is -2.00. The Morgan fingerprint density at radius 3 is 2.93 bits per heavy atom. The molecular formula is C11H11BrFN. The molecule has 1 aliphatic rings. The van der Waals surface area contributed by atoms with Crippen molar-refractivity contribution in [1.29, 1.82) is 0 Å². The first-order valence-electron chi connectivity index (χ1n) is 4.61. The van der Waals surface area contributed by atoms with Crippen LogP contribution < -0.4 is 5.32 Å². The zero-order valence-electron chi connectivity index (χ0n) is 7.69. The second kappa shape index (κ2) is 4.24. The molecule has 1 heterocycles. The average Bonchev–Trinajstić information content (AvgIpc) is 2.62. The summed E-state index contributed by atoms with van der Waals surface area (Å²) in [5.41, 5.74) is 2.42. The molecule has 0 aromatic heterocycles. The molecule has 1 saturated heterocycles. The lowest BCUT2D eigenvalue weighted by atomic mass is 10.1. The van der Waals surface area contributed by atoms with Crippen molar-refractivity contribution >= 4 is 22.0 Å². The topological polar surface area (TPSA) is 12.0 Å². The monoisotopic (exact) mass is 255 g/mol. The lowest BCUT2D eigenvalue weighted by Crippen LogP contribution is -2.04. The van der Waals surface area contributed by atoms with Gasteiger partial charge in [-0.1, -0.05) is 33.6 Å². The normalized spacial score (nSPS) is 19.1. The first kappa shape index (κ1) is 9.87. The molecule has 1 aliphatic heterocycles. The molecule has 0 unspecified atom stereocenters. The van der Waals surface area contributed by atoms with Gasteiger partial charge in [0.15, 0.2) is 0 Å². The van der Waals surface area contributed by atoms with E-state index < -0.39 is 0 Å². The Balaban J connectivity index is 2.28. The van der Waals surface area contributed by atoms with E-state index in [-0.39, 0.29) is 5.82 Å². The molecule has 0 spiro atoms. The average molecular weight is 256 g/mol. The third-order valence-corrected chi connectivity index (χ3v) is 2.98. The zero-order chi connectivity index (χ0) is 9.97. The minimum atomic E-state index is -0.205. The minimum Gasteiger partial charge on any atom is -0.313 e. The molecule has 0 bridgehead atoms. The molecule has 0 amide bonds. The Hall–Kier alpha value is -0.670. The van der Waals surface area contributed by atoms with Gasteiger partial charge in [-0.3, -0.25) is 0 Å². The van der Waals surface area contributed by atoms with E-state index >= 15 is 0 Å². The Labute approximate surface area is 91.1 Å². The van der Waals surface area contributed by atoms with E-state index in [4.69, 9.17) is 0 Å². The van der Waals surface area contributed by atoms with Crippen LogP contribution in [0.15, 0.2) is 28.2 Å². The van der Waals surface area contributed by atoms with Crippen LogP contribution in [0.25, 0.3) is 6.08 Å². The molecule has 14 heavy (non-hydrogen) atoms. The Bertz CT molecular complexity index is 366. The van der Waals surface area contributed by atoms with Crippen molar-refractivity contribution < 1.29 is 4.39 Å². The molecule has 2 rings (SSSR count). The highest BCUT2D eigenvalue weighted by Gasteiger charge is 2.06. The standard InChI is InChI=1S/C11H11BrFN/c12-11-6-10(13)2-1-9(11)5-8-3-4-14-7-8/h1-2,5-6,14H,3-4,7H2/b8-5-. The number of hydrogen-bond donors (Lipinski definition) is 1. The van der Waals surface area contributed by atoms with E-state index in [1.54, 1.807) is 6.07 Å². The smallest absolute Gasteiger partial charge is 0.124 e. The summed E-state index contributed by atoms with van der Waals surface area (Å²) < 4.78 is 13.6. The highest BCUT2D eigenvalue weighted by atomic mass is 79.9. The van der Waals surface area contributed by atoms with Crippen LogP contribution in [-0.2, 0) is 0 Å². The van der Waals surface area contributed by atoms with E-state index in [9.17, 15) is 4.39 Å². The SMILES string of the molecule is Fc1ccc(/C=C2/CCNC2)c(Br)c1. The summed E-state index contributed by atoms with van der Waals surface area (Å²) in [7, 11) is 0. The summed E-state index contributed by atoms with van der Waals surface area (Å²) in [4.78, 5) is 0. The third-order valence-electron chi connectivity index (χ3n) is 2.30. The summed E-state index contributed by atoms with van der Waals surface area (Å²) in [5.74, 6) is -0.205. The highest BCUT2D eigenvalue weighted by molar-refractivity contribution is 9.10. The first-order valence-corrected chi connectivity index (χ1v) is 5.40. The number of benzene rings is 1. The van der Waals surface area contributed by atoms with E-state index in [0.29, 0.717) is 0 Å². The Kier molecular flexibility index (Phi) is 2.99. The van der Waals surface area contributed by atoms with E-state index in [0.717, 1.165) is 29.5 Å². The van der Waals surface area contributed by atoms with Crippen molar-refractivity contribution in [2.45, 2.75) is 6.42 Å². The Morgan fingerprint density at radius 1 is 1.43 bits per heavy atom. The molecule has 1 aromatic carbocycles. The molecule has 3 heteroatoms. The van der Waals surface area contributed by atoms with Gasteiger partial charge >= 0.3 is 0 Å². The van der Waals surface area contributed by atoms with Crippen LogP contribution in [-0.4, -0.2) is 13.1 Å². The molecule has 0 atom stereocenters. The Morgan fingerprint density at radius 2 is 2.29 bits per heavy atom. The number of rotatable bonds is 1. The number of halogens is 2. The van der Waals surface area contributed by atoms with Crippen molar-refractivity contribution in [3.05, 3.63) is 39.6 Å². The second-order valence-corrected chi connectivity index (χ2v) is 4.25. The fraction of sp³-hybridized carbons (Fsp3) is 0.273. The van der Waals surface area contributed by atoms with Crippen molar-refractivity contribution in [1.82, 2.24) is 5.32 Å². The summed E-state index contributed by atoms with van der Waals surface area (Å²) in [6, 6.07) is 4.78. The van der Waals surface area contributed by atoms with Crippen LogP contribution >= 0.6 is 15.9 Å². The van der Waals surface area contributed by atoms with Gasteiger partial charge in [-0.2, -0.15) is 0 Å². The van der Waals surface area contributed by atoms with E-state index in [1.165, 1.54) is 17.7 Å². The van der Waals surface area contributed by atoms with Gasteiger partial charge in [-0.15, -0.1) is 0 Å². The van der Waals surface area contributed by atoms with Gasteiger partial charge in [0.05, 0.1) is 0 Å². The molecule has 1 fully saturated rings. The summed E-state index contributed by atoms with van der Waals surface area (Å²) in [6.45, 7) is 1.99. The van der Waals surface area contributed by atoms with Crippen LogP contribution in [0, 0.1) is 5.82 Å². The maximum atomic E-state index is 12.8. The second-order valence-electron chi connectivity index (χ2n) is 3.40. The van der Waals surface area contributed by atoms with Crippen molar-refractivity contribution in [2.75, 3.05) is 13.1 Å². The van der Waals surface area contributed by atoms with Gasteiger partial charge in [0.25, 0.3) is 0 Å². The van der Waals surface area contributed by atoms with Gasteiger partial charge in [-0.05, 0) is 30.7 Å². The van der Waals surface area contributed by atoms with Gasteiger partial charge in [0, 0.05) is 11.0 Å². The molecule has 0 radical (unpaired) electrons. The summed E-state index contributed by atoms with van der Waals surface area (Å²) >= 11 is 3.35. The van der Waals surface area contributed by atoms with Gasteiger partial charge < -0.3 is 5.32 Å². The van der Waals surface area contributed by atoms with Gasteiger partial charge in [-0.25, -0.2) is 4.39 Å². The first-order chi connectivity index (χ1) is 6.75. The quantitative estimate of drug-likeness (QED) is 0.814. The fourth-order valence-corrected chi connectivity index (χ4v) is 2.01. The highest BCUT2D eigenvalue weighted by Crippen LogP contribution is 2.22. The maximum absolute atomic E-state index is 12.8. The molecule has 74 valence electrons. The molecule has 1 aromatic rings.